The third-order valence-electron chi connectivity index (χ3n) is 4.02. The molecule has 20 heavy (non-hydrogen) atoms. The predicted molar refractivity (Wildman–Crippen MR) is 70.9 cm³/mol. The summed E-state index contributed by atoms with van der Waals surface area (Å²) in [5.41, 5.74) is -0.812. The molecule has 0 bridgehead atoms. The van der Waals surface area contributed by atoms with E-state index in [4.69, 9.17) is 4.74 Å². The SMILES string of the molecule is COCCNC(=O)CN1C(=O)NC(=O)C12CCCCC2. The van der Waals surface area contributed by atoms with Gasteiger partial charge in [-0.25, -0.2) is 4.79 Å². The average molecular weight is 283 g/mol. The van der Waals surface area contributed by atoms with Gasteiger partial charge in [-0.3, -0.25) is 14.9 Å². The normalized spacial score (nSPS) is 21.1. The molecule has 1 aliphatic carbocycles. The van der Waals surface area contributed by atoms with Crippen molar-refractivity contribution < 1.29 is 19.1 Å². The first-order chi connectivity index (χ1) is 9.60. The van der Waals surface area contributed by atoms with E-state index in [0.717, 1.165) is 19.3 Å². The highest BCUT2D eigenvalue weighted by atomic mass is 16.5. The molecule has 7 heteroatoms. The highest BCUT2D eigenvalue weighted by Crippen LogP contribution is 2.36. The molecule has 4 amide bonds. The number of amides is 4. The van der Waals surface area contributed by atoms with Gasteiger partial charge in [-0.05, 0) is 12.8 Å². The number of nitrogens with one attached hydrogen (secondary N) is 2. The summed E-state index contributed by atoms with van der Waals surface area (Å²) in [4.78, 5) is 37.3. The first kappa shape index (κ1) is 14.8. The number of ether oxygens (including phenoxy) is 1. The van der Waals surface area contributed by atoms with E-state index in [1.165, 1.54) is 4.90 Å². The van der Waals surface area contributed by atoms with E-state index >= 15 is 0 Å². The molecule has 1 aliphatic heterocycles. The Morgan fingerprint density at radius 3 is 2.70 bits per heavy atom. The maximum atomic E-state index is 12.1. The van der Waals surface area contributed by atoms with Gasteiger partial charge < -0.3 is 15.0 Å². The van der Waals surface area contributed by atoms with Crippen LogP contribution in [0.3, 0.4) is 0 Å². The number of urea groups is 1. The van der Waals surface area contributed by atoms with E-state index < -0.39 is 11.6 Å². The fourth-order valence-electron chi connectivity index (χ4n) is 2.95. The maximum absolute atomic E-state index is 12.1. The predicted octanol–water partition coefficient (Wildman–Crippen LogP) is 0.00370. The third-order valence-corrected chi connectivity index (χ3v) is 4.02. The van der Waals surface area contributed by atoms with Crippen LogP contribution in [-0.2, 0) is 14.3 Å². The van der Waals surface area contributed by atoms with Crippen LogP contribution >= 0.6 is 0 Å². The van der Waals surface area contributed by atoms with E-state index in [9.17, 15) is 14.4 Å². The fraction of sp³-hybridized carbons (Fsp3) is 0.769. The van der Waals surface area contributed by atoms with E-state index in [1.54, 1.807) is 7.11 Å². The van der Waals surface area contributed by atoms with E-state index in [2.05, 4.69) is 10.6 Å². The first-order valence-electron chi connectivity index (χ1n) is 6.99. The van der Waals surface area contributed by atoms with Crippen LogP contribution in [0.1, 0.15) is 32.1 Å². The van der Waals surface area contributed by atoms with Crippen molar-refractivity contribution in [3.63, 3.8) is 0 Å². The number of nitrogens with zero attached hydrogens (tertiary/aromatic N) is 1. The molecule has 1 saturated heterocycles. The summed E-state index contributed by atoms with van der Waals surface area (Å²) in [6.07, 6.45) is 4.15. The zero-order valence-corrected chi connectivity index (χ0v) is 11.7. The zero-order valence-electron chi connectivity index (χ0n) is 11.7. The molecule has 112 valence electrons. The van der Waals surface area contributed by atoms with Crippen LogP contribution in [0.5, 0.6) is 0 Å². The Morgan fingerprint density at radius 2 is 2.05 bits per heavy atom. The van der Waals surface area contributed by atoms with Crippen molar-refractivity contribution >= 4 is 17.8 Å². The second-order valence-electron chi connectivity index (χ2n) is 5.28. The van der Waals surface area contributed by atoms with Gasteiger partial charge in [0.2, 0.25) is 5.91 Å². The Morgan fingerprint density at radius 1 is 1.35 bits per heavy atom. The number of methoxy groups -OCH3 is 1. The molecule has 0 unspecified atom stereocenters. The molecule has 1 heterocycles. The fourth-order valence-corrected chi connectivity index (χ4v) is 2.95. The summed E-state index contributed by atoms with van der Waals surface area (Å²) < 4.78 is 4.85. The number of imide groups is 1. The lowest BCUT2D eigenvalue weighted by molar-refractivity contribution is -0.130. The lowest BCUT2D eigenvalue weighted by Crippen LogP contribution is -2.54. The Hall–Kier alpha value is -1.63. The van der Waals surface area contributed by atoms with Crippen molar-refractivity contribution in [2.24, 2.45) is 0 Å². The van der Waals surface area contributed by atoms with Crippen molar-refractivity contribution in [3.8, 4) is 0 Å². The smallest absolute Gasteiger partial charge is 0.325 e. The molecular formula is C13H21N3O4. The standard InChI is InChI=1S/C13H21N3O4/c1-20-8-7-14-10(17)9-16-12(19)15-11(18)13(16)5-3-2-4-6-13/h2-9H2,1H3,(H,14,17)(H,15,18,19). The molecule has 0 aromatic rings. The molecule has 0 radical (unpaired) electrons. The minimum atomic E-state index is -0.812. The molecule has 2 fully saturated rings. The van der Waals surface area contributed by atoms with Gasteiger partial charge in [0.1, 0.15) is 12.1 Å². The number of rotatable bonds is 5. The number of carbonyl (C=O) groups excluding carboxylic acids is 3. The van der Waals surface area contributed by atoms with E-state index in [-0.39, 0.29) is 18.4 Å². The lowest BCUT2D eigenvalue weighted by atomic mass is 9.80. The highest BCUT2D eigenvalue weighted by Gasteiger charge is 2.53. The van der Waals surface area contributed by atoms with Gasteiger partial charge in [0, 0.05) is 13.7 Å². The molecule has 0 aromatic heterocycles. The van der Waals surface area contributed by atoms with Crippen molar-refractivity contribution in [2.75, 3.05) is 26.8 Å². The van der Waals surface area contributed by atoms with E-state index in [0.29, 0.717) is 26.0 Å². The average Bonchev–Trinajstić information content (AvgIpc) is 2.65. The van der Waals surface area contributed by atoms with Gasteiger partial charge >= 0.3 is 6.03 Å². The number of hydrogen-bond acceptors (Lipinski definition) is 4. The van der Waals surface area contributed by atoms with Crippen LogP contribution in [0.15, 0.2) is 0 Å². The molecule has 1 saturated carbocycles. The summed E-state index contributed by atoms with van der Waals surface area (Å²) in [6, 6.07) is -0.459. The Bertz CT molecular complexity index is 404. The number of hydrogen-bond donors (Lipinski definition) is 2. The molecule has 2 aliphatic rings. The monoisotopic (exact) mass is 283 g/mol. The molecule has 1 spiro atoms. The topological polar surface area (TPSA) is 87.7 Å². The largest absolute Gasteiger partial charge is 0.383 e. The first-order valence-corrected chi connectivity index (χ1v) is 6.99. The lowest BCUT2D eigenvalue weighted by Gasteiger charge is -2.37. The van der Waals surface area contributed by atoms with Crippen LogP contribution < -0.4 is 10.6 Å². The van der Waals surface area contributed by atoms with Crippen molar-refractivity contribution in [1.29, 1.82) is 0 Å². The van der Waals surface area contributed by atoms with Crippen LogP contribution in [0.4, 0.5) is 4.79 Å². The van der Waals surface area contributed by atoms with Gasteiger partial charge in [0.15, 0.2) is 0 Å². The van der Waals surface area contributed by atoms with Crippen LogP contribution in [0.25, 0.3) is 0 Å². The molecule has 0 atom stereocenters. The Labute approximate surface area is 118 Å². The van der Waals surface area contributed by atoms with Crippen molar-refractivity contribution in [2.45, 2.75) is 37.6 Å². The van der Waals surface area contributed by atoms with Gasteiger partial charge in [0.05, 0.1) is 6.61 Å². The zero-order chi connectivity index (χ0) is 14.6. The van der Waals surface area contributed by atoms with Gasteiger partial charge in [0.25, 0.3) is 5.91 Å². The summed E-state index contributed by atoms with van der Waals surface area (Å²) >= 11 is 0. The minimum Gasteiger partial charge on any atom is -0.383 e. The molecule has 2 N–H and O–H groups in total. The highest BCUT2D eigenvalue weighted by molar-refractivity contribution is 6.08. The Balaban J connectivity index is 2.01. The summed E-state index contributed by atoms with van der Waals surface area (Å²) in [5, 5.41) is 5.01. The Kier molecular flexibility index (Phi) is 4.59. The van der Waals surface area contributed by atoms with Gasteiger partial charge in [-0.2, -0.15) is 0 Å². The summed E-state index contributed by atoms with van der Waals surface area (Å²) in [6.45, 7) is 0.731. The van der Waals surface area contributed by atoms with Crippen LogP contribution in [0.2, 0.25) is 0 Å². The van der Waals surface area contributed by atoms with Crippen molar-refractivity contribution in [1.82, 2.24) is 15.5 Å². The van der Waals surface area contributed by atoms with Crippen molar-refractivity contribution in [3.05, 3.63) is 0 Å². The summed E-state index contributed by atoms with van der Waals surface area (Å²) in [5.74, 6) is -0.524. The molecule has 7 nitrogen and oxygen atoms in total. The van der Waals surface area contributed by atoms with E-state index in [1.807, 2.05) is 0 Å². The van der Waals surface area contributed by atoms with Gasteiger partial charge in [-0.1, -0.05) is 19.3 Å². The second kappa shape index (κ2) is 6.21. The molecule has 0 aromatic carbocycles. The third kappa shape index (κ3) is 2.77. The molecular weight excluding hydrogens is 262 g/mol. The molecule has 2 rings (SSSR count). The van der Waals surface area contributed by atoms with Crippen LogP contribution in [-0.4, -0.2) is 55.1 Å². The quantitative estimate of drug-likeness (QED) is 0.549. The maximum Gasteiger partial charge on any atom is 0.325 e. The number of carbonyl (C=O) groups is 3. The van der Waals surface area contributed by atoms with Crippen LogP contribution in [0, 0.1) is 0 Å². The summed E-state index contributed by atoms with van der Waals surface area (Å²) in [7, 11) is 1.55. The minimum absolute atomic E-state index is 0.0821. The van der Waals surface area contributed by atoms with Gasteiger partial charge in [-0.15, -0.1) is 0 Å². The second-order valence-corrected chi connectivity index (χ2v) is 5.28.